The van der Waals surface area contributed by atoms with Crippen LogP contribution in [0.15, 0.2) is 48.5 Å². The third kappa shape index (κ3) is 5.03. The van der Waals surface area contributed by atoms with E-state index < -0.39 is 11.9 Å². The monoisotopic (exact) mass is 431 g/mol. The van der Waals surface area contributed by atoms with E-state index in [1.807, 2.05) is 38.1 Å². The number of pyridine rings is 1. The third-order valence-corrected chi connectivity index (χ3v) is 5.32. The molecule has 0 fully saturated rings. The maximum Gasteiger partial charge on any atom is 0.335 e. The van der Waals surface area contributed by atoms with Gasteiger partial charge < -0.3 is 16.2 Å². The molecule has 3 aromatic rings. The Morgan fingerprint density at radius 2 is 1.72 bits per heavy atom. The van der Waals surface area contributed by atoms with Crippen molar-refractivity contribution in [1.82, 2.24) is 4.98 Å². The van der Waals surface area contributed by atoms with Gasteiger partial charge in [0.1, 0.15) is 0 Å². The van der Waals surface area contributed by atoms with E-state index in [-0.39, 0.29) is 17.7 Å². The van der Waals surface area contributed by atoms with Crippen LogP contribution in [0.25, 0.3) is 11.1 Å². The number of aromatic nitrogens is 1. The Balaban J connectivity index is 2.15. The topological polar surface area (TPSA) is 105 Å². The van der Waals surface area contributed by atoms with Gasteiger partial charge in [0.2, 0.25) is 0 Å². The molecule has 32 heavy (non-hydrogen) atoms. The molecule has 0 aliphatic heterocycles. The minimum absolute atomic E-state index is 0.0567. The normalized spacial score (nSPS) is 10.9. The minimum atomic E-state index is -1.08. The second-order valence-corrected chi connectivity index (χ2v) is 8.38. The van der Waals surface area contributed by atoms with E-state index in [0.717, 1.165) is 34.4 Å². The van der Waals surface area contributed by atoms with Crippen molar-refractivity contribution in [2.45, 2.75) is 40.7 Å². The van der Waals surface area contributed by atoms with Crippen LogP contribution < -0.4 is 11.1 Å². The first-order valence-corrected chi connectivity index (χ1v) is 10.7. The van der Waals surface area contributed by atoms with Gasteiger partial charge in [0.25, 0.3) is 5.91 Å². The molecule has 1 aromatic heterocycles. The molecule has 6 heteroatoms. The molecule has 166 valence electrons. The van der Waals surface area contributed by atoms with E-state index in [2.05, 4.69) is 19.2 Å². The molecule has 0 saturated carbocycles. The number of carbonyl (C=O) groups excluding carboxylic acids is 1. The standard InChI is InChI=1S/C26H29N3O3/c1-15(2)12-22-21(14-27)23(18-10-8-16(3)9-11-18)24(17(4)28-22)29-25(30)19-6-5-7-20(13-19)26(31)32/h5-11,13,15H,12,14,27H2,1-4H3,(H,29,30)(H,31,32). The molecule has 0 aliphatic rings. The summed E-state index contributed by atoms with van der Waals surface area (Å²) in [5.41, 5.74) is 12.6. The van der Waals surface area contributed by atoms with Gasteiger partial charge in [-0.2, -0.15) is 0 Å². The highest BCUT2D eigenvalue weighted by atomic mass is 16.4. The molecule has 3 rings (SSSR count). The molecule has 6 nitrogen and oxygen atoms in total. The lowest BCUT2D eigenvalue weighted by Gasteiger charge is -2.21. The summed E-state index contributed by atoms with van der Waals surface area (Å²) >= 11 is 0. The zero-order valence-electron chi connectivity index (χ0n) is 18.9. The number of nitrogens with two attached hydrogens (primary N) is 1. The molecule has 0 saturated heterocycles. The number of aromatic carboxylic acids is 1. The lowest BCUT2D eigenvalue weighted by Crippen LogP contribution is -2.18. The zero-order chi connectivity index (χ0) is 23.4. The highest BCUT2D eigenvalue weighted by Crippen LogP contribution is 2.36. The summed E-state index contributed by atoms with van der Waals surface area (Å²) in [5.74, 6) is -1.08. The van der Waals surface area contributed by atoms with E-state index in [1.165, 1.54) is 12.1 Å². The minimum Gasteiger partial charge on any atom is -0.478 e. The molecule has 0 unspecified atom stereocenters. The molecule has 1 heterocycles. The summed E-state index contributed by atoms with van der Waals surface area (Å²) in [5, 5.41) is 12.2. The number of hydrogen-bond donors (Lipinski definition) is 3. The van der Waals surface area contributed by atoms with Crippen molar-refractivity contribution in [1.29, 1.82) is 0 Å². The largest absolute Gasteiger partial charge is 0.478 e. The van der Waals surface area contributed by atoms with Crippen molar-refractivity contribution in [2.24, 2.45) is 11.7 Å². The zero-order valence-corrected chi connectivity index (χ0v) is 18.9. The van der Waals surface area contributed by atoms with Gasteiger partial charge in [0, 0.05) is 23.4 Å². The van der Waals surface area contributed by atoms with Gasteiger partial charge in [-0.1, -0.05) is 49.7 Å². The van der Waals surface area contributed by atoms with Crippen LogP contribution in [0.1, 0.15) is 57.1 Å². The highest BCUT2D eigenvalue weighted by Gasteiger charge is 2.21. The van der Waals surface area contributed by atoms with Crippen molar-refractivity contribution in [3.05, 3.63) is 82.2 Å². The van der Waals surface area contributed by atoms with Gasteiger partial charge in [-0.25, -0.2) is 4.79 Å². The fourth-order valence-corrected chi connectivity index (χ4v) is 3.75. The number of hydrogen-bond acceptors (Lipinski definition) is 4. The van der Waals surface area contributed by atoms with E-state index in [4.69, 9.17) is 10.7 Å². The van der Waals surface area contributed by atoms with Crippen molar-refractivity contribution in [2.75, 3.05) is 5.32 Å². The molecular weight excluding hydrogens is 402 g/mol. The van der Waals surface area contributed by atoms with E-state index in [0.29, 0.717) is 17.3 Å². The quantitative estimate of drug-likeness (QED) is 0.490. The Bertz CT molecular complexity index is 1150. The van der Waals surface area contributed by atoms with E-state index >= 15 is 0 Å². The second kappa shape index (κ2) is 9.75. The fourth-order valence-electron chi connectivity index (χ4n) is 3.75. The highest BCUT2D eigenvalue weighted by molar-refractivity contribution is 6.08. The summed E-state index contributed by atoms with van der Waals surface area (Å²) in [4.78, 5) is 29.2. The molecule has 0 aliphatic carbocycles. The first-order valence-electron chi connectivity index (χ1n) is 10.7. The lowest BCUT2D eigenvalue weighted by atomic mass is 9.92. The molecule has 0 bridgehead atoms. The van der Waals surface area contributed by atoms with Crippen LogP contribution in [-0.4, -0.2) is 22.0 Å². The number of rotatable bonds is 7. The fraction of sp³-hybridized carbons (Fsp3) is 0.269. The van der Waals surface area contributed by atoms with Gasteiger partial charge in [0.05, 0.1) is 16.9 Å². The van der Waals surface area contributed by atoms with Crippen molar-refractivity contribution in [3.63, 3.8) is 0 Å². The number of anilines is 1. The van der Waals surface area contributed by atoms with E-state index in [1.54, 1.807) is 12.1 Å². The van der Waals surface area contributed by atoms with E-state index in [9.17, 15) is 14.7 Å². The average molecular weight is 432 g/mol. The number of amides is 1. The molecule has 4 N–H and O–H groups in total. The molecular formula is C26H29N3O3. The average Bonchev–Trinajstić information content (AvgIpc) is 2.75. The van der Waals surface area contributed by atoms with Crippen LogP contribution in [0.4, 0.5) is 5.69 Å². The summed E-state index contributed by atoms with van der Waals surface area (Å²) in [6.07, 6.45) is 0.779. The number of nitrogens with one attached hydrogen (secondary N) is 1. The Morgan fingerprint density at radius 3 is 2.31 bits per heavy atom. The lowest BCUT2D eigenvalue weighted by molar-refractivity contribution is 0.0697. The summed E-state index contributed by atoms with van der Waals surface area (Å²) in [6.45, 7) is 8.44. The van der Waals surface area contributed by atoms with Crippen LogP contribution in [0.3, 0.4) is 0 Å². The smallest absolute Gasteiger partial charge is 0.335 e. The Hall–Kier alpha value is -3.51. The number of carbonyl (C=O) groups is 2. The maximum atomic E-state index is 13.1. The number of aryl methyl sites for hydroxylation is 2. The SMILES string of the molecule is Cc1ccc(-c2c(CN)c(CC(C)C)nc(C)c2NC(=O)c2cccc(C(=O)O)c2)cc1. The van der Waals surface area contributed by atoms with Gasteiger partial charge in [-0.15, -0.1) is 0 Å². The number of carboxylic acids is 1. The van der Waals surface area contributed by atoms with Gasteiger partial charge >= 0.3 is 5.97 Å². The Labute approximate surface area is 188 Å². The maximum absolute atomic E-state index is 13.1. The molecule has 2 aromatic carbocycles. The molecule has 0 atom stereocenters. The first-order chi connectivity index (χ1) is 15.2. The van der Waals surface area contributed by atoms with Crippen LogP contribution in [0.2, 0.25) is 0 Å². The van der Waals surface area contributed by atoms with Gasteiger partial charge in [-0.3, -0.25) is 9.78 Å². The number of benzene rings is 2. The van der Waals surface area contributed by atoms with Crippen LogP contribution in [-0.2, 0) is 13.0 Å². The summed E-state index contributed by atoms with van der Waals surface area (Å²) < 4.78 is 0. The Morgan fingerprint density at radius 1 is 1.06 bits per heavy atom. The predicted molar refractivity (Wildman–Crippen MR) is 127 cm³/mol. The van der Waals surface area contributed by atoms with Crippen LogP contribution in [0, 0.1) is 19.8 Å². The van der Waals surface area contributed by atoms with Crippen molar-refractivity contribution < 1.29 is 14.7 Å². The second-order valence-electron chi connectivity index (χ2n) is 8.38. The van der Waals surface area contributed by atoms with Crippen LogP contribution >= 0.6 is 0 Å². The molecule has 1 amide bonds. The summed E-state index contributed by atoms with van der Waals surface area (Å²) in [6, 6.07) is 14.0. The van der Waals surface area contributed by atoms with Gasteiger partial charge in [-0.05, 0) is 55.5 Å². The van der Waals surface area contributed by atoms with Crippen LogP contribution in [0.5, 0.6) is 0 Å². The predicted octanol–water partition coefficient (Wildman–Crippen LogP) is 4.97. The summed E-state index contributed by atoms with van der Waals surface area (Å²) in [7, 11) is 0. The Kier molecular flexibility index (Phi) is 7.05. The molecule has 0 radical (unpaired) electrons. The number of nitrogens with zero attached hydrogens (tertiary/aromatic N) is 1. The molecule has 0 spiro atoms. The third-order valence-electron chi connectivity index (χ3n) is 5.32. The number of carboxylic acid groups (broad SMARTS) is 1. The van der Waals surface area contributed by atoms with Crippen molar-refractivity contribution in [3.8, 4) is 11.1 Å². The van der Waals surface area contributed by atoms with Crippen molar-refractivity contribution >= 4 is 17.6 Å². The van der Waals surface area contributed by atoms with Gasteiger partial charge in [0.15, 0.2) is 0 Å². The first kappa shape index (κ1) is 23.2.